The fourth-order valence-corrected chi connectivity index (χ4v) is 8.90. The lowest BCUT2D eigenvalue weighted by atomic mass is 9.44. The summed E-state index contributed by atoms with van der Waals surface area (Å²) in [4.78, 5) is 11.7. The molecule has 8 unspecified atom stereocenters. The van der Waals surface area contributed by atoms with Crippen LogP contribution in [0, 0.1) is 46.3 Å². The second-order valence-corrected chi connectivity index (χ2v) is 10.8. The molecule has 1 heterocycles. The van der Waals surface area contributed by atoms with Crippen LogP contribution in [0.25, 0.3) is 0 Å². The van der Waals surface area contributed by atoms with Gasteiger partial charge in [0.05, 0.1) is 13.0 Å². The Morgan fingerprint density at radius 2 is 1.64 bits per heavy atom. The molecule has 0 aromatic heterocycles. The van der Waals surface area contributed by atoms with Crippen molar-refractivity contribution >= 4 is 5.97 Å². The number of carbonyl (C=O) groups is 1. The number of ether oxygens (including phenoxy) is 1. The lowest BCUT2D eigenvalue weighted by Gasteiger charge is -2.60. The van der Waals surface area contributed by atoms with Gasteiger partial charge in [-0.2, -0.15) is 0 Å². The van der Waals surface area contributed by atoms with E-state index in [0.717, 1.165) is 29.6 Å². The van der Waals surface area contributed by atoms with E-state index < -0.39 is 0 Å². The van der Waals surface area contributed by atoms with E-state index in [1.165, 1.54) is 64.2 Å². The van der Waals surface area contributed by atoms with Crippen molar-refractivity contribution in [1.82, 2.24) is 0 Å². The van der Waals surface area contributed by atoms with E-state index >= 15 is 0 Å². The predicted octanol–water partition coefficient (Wildman–Crippen LogP) is 5.60. The minimum Gasteiger partial charge on any atom is -0.465 e. The van der Waals surface area contributed by atoms with Crippen LogP contribution in [-0.2, 0) is 9.53 Å². The highest BCUT2D eigenvalue weighted by Crippen LogP contribution is 2.68. The van der Waals surface area contributed by atoms with E-state index in [0.29, 0.717) is 29.8 Å². The third kappa shape index (κ3) is 2.31. The van der Waals surface area contributed by atoms with Crippen LogP contribution >= 0.6 is 0 Å². The molecule has 5 rings (SSSR count). The summed E-state index contributed by atoms with van der Waals surface area (Å²) < 4.78 is 5.36. The van der Waals surface area contributed by atoms with Gasteiger partial charge in [0.1, 0.15) is 0 Å². The van der Waals surface area contributed by atoms with Crippen molar-refractivity contribution in [2.75, 3.05) is 6.61 Å². The average molecular weight is 345 g/mol. The average Bonchev–Trinajstić information content (AvgIpc) is 3.16. The van der Waals surface area contributed by atoms with Crippen molar-refractivity contribution in [2.24, 2.45) is 46.3 Å². The summed E-state index contributed by atoms with van der Waals surface area (Å²) in [5.74, 6) is 5.21. The monoisotopic (exact) mass is 344 g/mol. The molecule has 4 aliphatic carbocycles. The topological polar surface area (TPSA) is 26.3 Å². The van der Waals surface area contributed by atoms with Crippen LogP contribution in [0.5, 0.6) is 0 Å². The van der Waals surface area contributed by atoms with E-state index in [9.17, 15) is 4.79 Å². The molecule has 0 aromatic carbocycles. The van der Waals surface area contributed by atoms with Gasteiger partial charge in [0, 0.05) is 5.92 Å². The Balaban J connectivity index is 1.40. The zero-order valence-electron chi connectivity index (χ0n) is 16.3. The number of fused-ring (bicyclic) bond motifs is 5. The van der Waals surface area contributed by atoms with Gasteiger partial charge in [-0.3, -0.25) is 4.79 Å². The van der Waals surface area contributed by atoms with Crippen LogP contribution in [0.1, 0.15) is 84.5 Å². The van der Waals surface area contributed by atoms with Gasteiger partial charge in [-0.05, 0) is 91.8 Å². The Morgan fingerprint density at radius 1 is 0.840 bits per heavy atom. The van der Waals surface area contributed by atoms with Crippen LogP contribution in [0.3, 0.4) is 0 Å². The number of rotatable bonds is 1. The maximum Gasteiger partial charge on any atom is 0.306 e. The summed E-state index contributed by atoms with van der Waals surface area (Å²) in [6.45, 7) is 5.98. The second kappa shape index (κ2) is 5.73. The first kappa shape index (κ1) is 16.6. The molecule has 8 atom stereocenters. The van der Waals surface area contributed by atoms with Gasteiger partial charge in [0.15, 0.2) is 0 Å². The van der Waals surface area contributed by atoms with Gasteiger partial charge in [-0.1, -0.05) is 26.7 Å². The normalized spacial score (nSPS) is 55.2. The summed E-state index contributed by atoms with van der Waals surface area (Å²) in [5, 5.41) is 0. The van der Waals surface area contributed by atoms with Crippen LogP contribution in [0.15, 0.2) is 0 Å². The molecule has 2 heteroatoms. The van der Waals surface area contributed by atoms with Gasteiger partial charge in [0.25, 0.3) is 0 Å². The van der Waals surface area contributed by atoms with Crippen molar-refractivity contribution in [3.63, 3.8) is 0 Å². The van der Waals surface area contributed by atoms with Gasteiger partial charge in [-0.15, -0.1) is 0 Å². The van der Waals surface area contributed by atoms with Gasteiger partial charge in [0.2, 0.25) is 0 Å². The molecule has 0 N–H and O–H groups in total. The molecule has 0 aromatic rings. The third-order valence-corrected chi connectivity index (χ3v) is 10.1. The predicted molar refractivity (Wildman–Crippen MR) is 98.9 cm³/mol. The molecule has 2 nitrogen and oxygen atoms in total. The molecule has 0 amide bonds. The molecule has 0 bridgehead atoms. The first-order valence-corrected chi connectivity index (χ1v) is 11.2. The lowest BCUT2D eigenvalue weighted by molar-refractivity contribution is -0.137. The standard InChI is InChI=1S/C23H36O2/c1-22-11-4-3-5-16(22)6-7-17-19-9-8-18(15-13-21(24)25-14-15)23(19,2)12-10-20(17)22/h15-20H,3-14H2,1-2H3. The van der Waals surface area contributed by atoms with Crippen LogP contribution in [0.2, 0.25) is 0 Å². The molecule has 140 valence electrons. The highest BCUT2D eigenvalue weighted by atomic mass is 16.5. The number of hydrogen-bond acceptors (Lipinski definition) is 2. The smallest absolute Gasteiger partial charge is 0.306 e. The Morgan fingerprint density at radius 3 is 2.44 bits per heavy atom. The first-order valence-electron chi connectivity index (χ1n) is 11.2. The van der Waals surface area contributed by atoms with E-state index in [-0.39, 0.29) is 5.97 Å². The third-order valence-electron chi connectivity index (χ3n) is 10.1. The quantitative estimate of drug-likeness (QED) is 0.579. The Hall–Kier alpha value is -0.530. The molecule has 0 radical (unpaired) electrons. The molecule has 25 heavy (non-hydrogen) atoms. The zero-order valence-corrected chi connectivity index (χ0v) is 16.3. The fourth-order valence-electron chi connectivity index (χ4n) is 8.90. The molecule has 1 aliphatic heterocycles. The van der Waals surface area contributed by atoms with Gasteiger partial charge in [-0.25, -0.2) is 0 Å². The van der Waals surface area contributed by atoms with Crippen molar-refractivity contribution in [3.8, 4) is 0 Å². The van der Waals surface area contributed by atoms with E-state index in [1.54, 1.807) is 0 Å². The summed E-state index contributed by atoms with van der Waals surface area (Å²) >= 11 is 0. The summed E-state index contributed by atoms with van der Waals surface area (Å²) in [7, 11) is 0. The molecular formula is C23H36O2. The van der Waals surface area contributed by atoms with Crippen LogP contribution in [0.4, 0.5) is 0 Å². The first-order chi connectivity index (χ1) is 12.0. The fraction of sp³-hybridized carbons (Fsp3) is 0.957. The molecule has 1 saturated heterocycles. The molecule has 0 spiro atoms. The van der Waals surface area contributed by atoms with E-state index in [2.05, 4.69) is 13.8 Å². The van der Waals surface area contributed by atoms with Crippen molar-refractivity contribution in [1.29, 1.82) is 0 Å². The Bertz CT molecular complexity index is 556. The number of esters is 1. The minimum atomic E-state index is 0.0564. The second-order valence-electron chi connectivity index (χ2n) is 10.8. The molecule has 5 aliphatic rings. The minimum absolute atomic E-state index is 0.0564. The van der Waals surface area contributed by atoms with Crippen molar-refractivity contribution in [2.45, 2.75) is 84.5 Å². The molecule has 4 saturated carbocycles. The van der Waals surface area contributed by atoms with E-state index in [4.69, 9.17) is 4.74 Å². The summed E-state index contributed by atoms with van der Waals surface area (Å²) in [6, 6.07) is 0. The number of hydrogen-bond donors (Lipinski definition) is 0. The summed E-state index contributed by atoms with van der Waals surface area (Å²) in [6.07, 6.45) is 15.3. The Kier molecular flexibility index (Phi) is 3.81. The zero-order chi connectivity index (χ0) is 17.2. The SMILES string of the molecule is CC12CCCCC1CCC1C2CCC2(C)C(C3COC(=O)C3)CCC12. The van der Waals surface area contributed by atoms with Crippen molar-refractivity contribution < 1.29 is 9.53 Å². The van der Waals surface area contributed by atoms with Gasteiger partial charge >= 0.3 is 5.97 Å². The lowest BCUT2D eigenvalue weighted by Crippen LogP contribution is -2.53. The van der Waals surface area contributed by atoms with Gasteiger partial charge < -0.3 is 4.74 Å². The maximum absolute atomic E-state index is 11.7. The number of cyclic esters (lactones) is 1. The van der Waals surface area contributed by atoms with Crippen molar-refractivity contribution in [3.05, 3.63) is 0 Å². The summed E-state index contributed by atoms with van der Waals surface area (Å²) in [5.41, 5.74) is 1.13. The Labute approximate surface area is 153 Å². The molecular weight excluding hydrogens is 308 g/mol. The molecule has 5 fully saturated rings. The van der Waals surface area contributed by atoms with Crippen LogP contribution in [-0.4, -0.2) is 12.6 Å². The highest BCUT2D eigenvalue weighted by Gasteiger charge is 2.60. The largest absolute Gasteiger partial charge is 0.465 e. The highest BCUT2D eigenvalue weighted by molar-refractivity contribution is 5.71. The number of carbonyl (C=O) groups excluding carboxylic acids is 1. The van der Waals surface area contributed by atoms with E-state index in [1.807, 2.05) is 0 Å². The maximum atomic E-state index is 11.7. The van der Waals surface area contributed by atoms with Crippen LogP contribution < -0.4 is 0 Å².